The number of hydrogen-bond acceptors (Lipinski definition) is 3. The van der Waals surface area contributed by atoms with E-state index in [1.807, 2.05) is 6.07 Å². The molecule has 3 rings (SSSR count). The van der Waals surface area contributed by atoms with Crippen LogP contribution in [0, 0.1) is 0 Å². The number of piperidine rings is 1. The van der Waals surface area contributed by atoms with E-state index in [0.717, 1.165) is 0 Å². The van der Waals surface area contributed by atoms with Gasteiger partial charge in [0.05, 0.1) is 5.56 Å². The Morgan fingerprint density at radius 3 is 2.37 bits per heavy atom. The van der Waals surface area contributed by atoms with Crippen molar-refractivity contribution in [1.29, 1.82) is 0 Å². The van der Waals surface area contributed by atoms with E-state index in [4.69, 9.17) is 11.6 Å². The minimum Gasteiger partial charge on any atom is -0.349 e. The Labute approximate surface area is 175 Å². The molecule has 0 atom stereocenters. The lowest BCUT2D eigenvalue weighted by atomic mass is 10.0. The topological polar surface area (TPSA) is 71.4 Å². The van der Waals surface area contributed by atoms with Gasteiger partial charge in [0.25, 0.3) is 11.5 Å². The number of aromatic nitrogens is 1. The number of amides is 2. The number of pyridine rings is 1. The van der Waals surface area contributed by atoms with E-state index in [1.54, 1.807) is 24.3 Å². The number of carbonyl (C=O) groups is 2. The molecule has 0 bridgehead atoms. The van der Waals surface area contributed by atoms with Gasteiger partial charge in [0.1, 0.15) is 11.6 Å². The average Bonchev–Trinajstić information content (AvgIpc) is 2.71. The number of halogens is 4. The highest BCUT2D eigenvalue weighted by Crippen LogP contribution is 2.29. The molecule has 2 heterocycles. The van der Waals surface area contributed by atoms with Crippen LogP contribution in [0.4, 0.5) is 13.2 Å². The number of rotatable bonds is 4. The molecule has 1 aromatic heterocycles. The quantitative estimate of drug-likeness (QED) is 0.793. The second-order valence-corrected chi connectivity index (χ2v) is 7.41. The summed E-state index contributed by atoms with van der Waals surface area (Å²) in [7, 11) is 0. The summed E-state index contributed by atoms with van der Waals surface area (Å²) in [5, 5.41) is 2.31. The fourth-order valence-corrected chi connectivity index (χ4v) is 3.48. The van der Waals surface area contributed by atoms with Crippen LogP contribution in [0.25, 0.3) is 0 Å². The number of alkyl halides is 3. The summed E-state index contributed by atoms with van der Waals surface area (Å²) in [6.07, 6.45) is -3.08. The van der Waals surface area contributed by atoms with Gasteiger partial charge >= 0.3 is 6.18 Å². The fourth-order valence-electron chi connectivity index (χ4n) is 3.25. The van der Waals surface area contributed by atoms with Gasteiger partial charge in [0.2, 0.25) is 5.91 Å². The van der Waals surface area contributed by atoms with Crippen LogP contribution in [-0.2, 0) is 17.5 Å². The molecule has 2 aromatic rings. The minimum absolute atomic E-state index is 0.118. The highest BCUT2D eigenvalue weighted by Gasteiger charge is 2.32. The van der Waals surface area contributed by atoms with Gasteiger partial charge in [-0.05, 0) is 31.0 Å². The molecule has 1 fully saturated rings. The van der Waals surface area contributed by atoms with E-state index in [-0.39, 0.29) is 11.9 Å². The molecule has 0 spiro atoms. The Morgan fingerprint density at radius 2 is 1.77 bits per heavy atom. The van der Waals surface area contributed by atoms with E-state index in [2.05, 4.69) is 5.32 Å². The molecule has 1 saturated heterocycles. The van der Waals surface area contributed by atoms with Crippen LogP contribution in [0.3, 0.4) is 0 Å². The molecule has 160 valence electrons. The number of carbonyl (C=O) groups excluding carboxylic acids is 2. The summed E-state index contributed by atoms with van der Waals surface area (Å²) < 4.78 is 39.5. The van der Waals surface area contributed by atoms with Crippen LogP contribution < -0.4 is 10.9 Å². The second kappa shape index (κ2) is 8.91. The van der Waals surface area contributed by atoms with Gasteiger partial charge < -0.3 is 14.8 Å². The molecule has 1 aliphatic rings. The molecule has 1 N–H and O–H groups in total. The lowest BCUT2D eigenvalue weighted by Crippen LogP contribution is -2.47. The normalized spacial score (nSPS) is 15.1. The maximum atomic E-state index is 12.9. The van der Waals surface area contributed by atoms with Crippen molar-refractivity contribution in [2.45, 2.75) is 31.6 Å². The Bertz CT molecular complexity index is 984. The smallest absolute Gasteiger partial charge is 0.349 e. The second-order valence-electron chi connectivity index (χ2n) is 7.00. The van der Waals surface area contributed by atoms with Gasteiger partial charge in [-0.25, -0.2) is 0 Å². The third-order valence-electron chi connectivity index (χ3n) is 4.89. The van der Waals surface area contributed by atoms with E-state index < -0.39 is 34.8 Å². The third kappa shape index (κ3) is 5.21. The first-order chi connectivity index (χ1) is 14.1. The zero-order valence-electron chi connectivity index (χ0n) is 15.8. The lowest BCUT2D eigenvalue weighted by Gasteiger charge is -2.32. The van der Waals surface area contributed by atoms with Gasteiger partial charge in [-0.1, -0.05) is 29.8 Å². The van der Waals surface area contributed by atoms with E-state index >= 15 is 0 Å². The summed E-state index contributed by atoms with van der Waals surface area (Å²) in [4.78, 5) is 38.2. The van der Waals surface area contributed by atoms with Gasteiger partial charge in [0, 0.05) is 30.9 Å². The highest BCUT2D eigenvalue weighted by molar-refractivity contribution is 6.30. The summed E-state index contributed by atoms with van der Waals surface area (Å²) in [6.45, 7) is 0.101. The van der Waals surface area contributed by atoms with Crippen LogP contribution >= 0.6 is 11.6 Å². The molecule has 1 aromatic carbocycles. The summed E-state index contributed by atoms with van der Waals surface area (Å²) >= 11 is 5.61. The maximum absolute atomic E-state index is 12.9. The van der Waals surface area contributed by atoms with Crippen molar-refractivity contribution in [3.05, 3.63) is 69.1 Å². The molecule has 0 radical (unpaired) electrons. The predicted octanol–water partition coefficient (Wildman–Crippen LogP) is 2.94. The van der Waals surface area contributed by atoms with E-state index in [1.165, 1.54) is 4.90 Å². The van der Waals surface area contributed by atoms with Crippen LogP contribution in [0.5, 0.6) is 0 Å². The molecule has 1 aliphatic heterocycles. The maximum Gasteiger partial charge on any atom is 0.417 e. The first-order valence-corrected chi connectivity index (χ1v) is 9.64. The molecule has 0 aliphatic carbocycles. The summed E-state index contributed by atoms with van der Waals surface area (Å²) in [6, 6.07) is 9.16. The number of nitrogens with zero attached hydrogens (tertiary/aromatic N) is 2. The number of likely N-dealkylation sites (tertiary alicyclic amines) is 1. The summed E-state index contributed by atoms with van der Waals surface area (Å²) in [5.41, 5.74) is -1.41. The van der Waals surface area contributed by atoms with Gasteiger partial charge in [-0.15, -0.1) is 0 Å². The molecule has 10 heteroatoms. The van der Waals surface area contributed by atoms with E-state index in [0.29, 0.717) is 48.3 Å². The van der Waals surface area contributed by atoms with Crippen molar-refractivity contribution in [3.63, 3.8) is 0 Å². The number of benzene rings is 1. The van der Waals surface area contributed by atoms with Gasteiger partial charge in [-0.2, -0.15) is 13.2 Å². The molecule has 0 saturated carbocycles. The van der Waals surface area contributed by atoms with Crippen LogP contribution in [-0.4, -0.2) is 40.4 Å². The van der Waals surface area contributed by atoms with E-state index in [9.17, 15) is 27.6 Å². The largest absolute Gasteiger partial charge is 0.417 e. The van der Waals surface area contributed by atoms with Crippen molar-refractivity contribution in [3.8, 4) is 0 Å². The minimum atomic E-state index is -4.68. The Hall–Kier alpha value is -2.81. The highest BCUT2D eigenvalue weighted by atomic mass is 35.5. The molecular weight excluding hydrogens is 423 g/mol. The number of nitrogens with one attached hydrogen (secondary N) is 1. The van der Waals surface area contributed by atoms with Crippen LogP contribution in [0.1, 0.15) is 28.8 Å². The molecule has 6 nitrogen and oxygen atoms in total. The van der Waals surface area contributed by atoms with Gasteiger partial charge in [0.15, 0.2) is 0 Å². The van der Waals surface area contributed by atoms with Crippen LogP contribution in [0.15, 0.2) is 47.4 Å². The van der Waals surface area contributed by atoms with Crippen LogP contribution in [0.2, 0.25) is 5.02 Å². The average molecular weight is 442 g/mol. The van der Waals surface area contributed by atoms with Crippen molar-refractivity contribution in [2.24, 2.45) is 0 Å². The fraction of sp³-hybridized carbons (Fsp3) is 0.350. The Balaban J connectivity index is 1.59. The third-order valence-corrected chi connectivity index (χ3v) is 5.16. The van der Waals surface area contributed by atoms with Crippen molar-refractivity contribution < 1.29 is 22.8 Å². The molecular formula is C20H19ClF3N3O3. The molecule has 30 heavy (non-hydrogen) atoms. The molecule has 2 amide bonds. The van der Waals surface area contributed by atoms with Crippen molar-refractivity contribution in [1.82, 2.24) is 14.8 Å². The predicted molar refractivity (Wildman–Crippen MR) is 104 cm³/mol. The Kier molecular flexibility index (Phi) is 6.50. The number of hydrogen-bond donors (Lipinski definition) is 1. The summed E-state index contributed by atoms with van der Waals surface area (Å²) in [5.74, 6) is -0.689. The zero-order valence-corrected chi connectivity index (χ0v) is 16.5. The first-order valence-electron chi connectivity index (χ1n) is 9.26. The zero-order chi connectivity index (χ0) is 21.9. The van der Waals surface area contributed by atoms with Gasteiger partial charge in [-0.3, -0.25) is 14.4 Å². The standard InChI is InChI=1S/C20H19ClF3N3O3/c21-16-10-14(20(22,23)24)11-27(19(16)30)12-17(28)26-8-6-15(7-9-26)25-18(29)13-4-2-1-3-5-13/h1-5,10-11,15H,6-9,12H2,(H,25,29). The Morgan fingerprint density at radius 1 is 1.13 bits per heavy atom. The lowest BCUT2D eigenvalue weighted by molar-refractivity contribution is -0.139. The van der Waals surface area contributed by atoms with Crippen molar-refractivity contribution in [2.75, 3.05) is 13.1 Å². The SMILES string of the molecule is O=C(NC1CCN(C(=O)Cn2cc(C(F)(F)F)cc(Cl)c2=O)CC1)c1ccccc1. The first kappa shape index (κ1) is 21.9. The molecule has 0 unspecified atom stereocenters. The monoisotopic (exact) mass is 441 g/mol. The van der Waals surface area contributed by atoms with Crippen molar-refractivity contribution >= 4 is 23.4 Å².